The third-order valence-electron chi connectivity index (χ3n) is 4.42. The highest BCUT2D eigenvalue weighted by Crippen LogP contribution is 2.33. The van der Waals surface area contributed by atoms with Gasteiger partial charge in [0.2, 0.25) is 15.9 Å². The molecule has 0 unspecified atom stereocenters. The predicted octanol–water partition coefficient (Wildman–Crippen LogP) is 1.63. The Hall–Kier alpha value is -1.65. The Morgan fingerprint density at radius 3 is 2.59 bits per heavy atom. The van der Waals surface area contributed by atoms with Gasteiger partial charge in [0.25, 0.3) is 0 Å². The van der Waals surface area contributed by atoms with Crippen molar-refractivity contribution in [1.82, 2.24) is 4.31 Å². The number of hydrogen-bond acceptors (Lipinski definition) is 6. The molecule has 1 fully saturated rings. The van der Waals surface area contributed by atoms with Crippen LogP contribution in [0.5, 0.6) is 5.75 Å². The summed E-state index contributed by atoms with van der Waals surface area (Å²) in [5.41, 5.74) is 0.330. The number of methoxy groups -OCH3 is 1. The van der Waals surface area contributed by atoms with Gasteiger partial charge in [0.15, 0.2) is 9.84 Å². The molecule has 8 nitrogen and oxygen atoms in total. The summed E-state index contributed by atoms with van der Waals surface area (Å²) in [5.74, 6) is -0.373. The Morgan fingerprint density at radius 1 is 1.37 bits per heavy atom. The number of sulfonamides is 1. The Morgan fingerprint density at radius 2 is 2.07 bits per heavy atom. The summed E-state index contributed by atoms with van der Waals surface area (Å²) in [6.45, 7) is 3.50. The molecule has 1 aromatic rings. The second kappa shape index (κ2) is 8.57. The maximum absolute atomic E-state index is 13.4. The zero-order chi connectivity index (χ0) is 20.2. The Balaban J connectivity index is 2.49. The monoisotopic (exact) mass is 418 g/mol. The number of carbonyl (C=O) groups is 1. The van der Waals surface area contributed by atoms with E-state index >= 15 is 0 Å². The molecule has 152 valence electrons. The van der Waals surface area contributed by atoms with Crippen LogP contribution in [0.3, 0.4) is 0 Å². The smallest absolute Gasteiger partial charge is 0.247 e. The van der Waals surface area contributed by atoms with Crippen LogP contribution in [0.4, 0.5) is 5.69 Å². The van der Waals surface area contributed by atoms with Crippen molar-refractivity contribution in [3.05, 3.63) is 18.2 Å². The van der Waals surface area contributed by atoms with Crippen molar-refractivity contribution < 1.29 is 26.4 Å². The number of anilines is 1. The SMILES string of the molecule is CCCCN([C@@H]1CCS(=O)(=O)C1)S(=O)(=O)c1cc(NC(C)=O)ccc1OC. The lowest BCUT2D eigenvalue weighted by molar-refractivity contribution is -0.114. The van der Waals surface area contributed by atoms with Crippen molar-refractivity contribution in [3.8, 4) is 5.75 Å². The summed E-state index contributed by atoms with van der Waals surface area (Å²) in [4.78, 5) is 11.2. The first-order chi connectivity index (χ1) is 12.6. The van der Waals surface area contributed by atoms with Gasteiger partial charge in [-0.3, -0.25) is 4.79 Å². The normalized spacial score (nSPS) is 19.2. The third kappa shape index (κ3) is 5.20. The topological polar surface area (TPSA) is 110 Å². The molecule has 10 heteroatoms. The summed E-state index contributed by atoms with van der Waals surface area (Å²) in [6, 6.07) is 3.77. The third-order valence-corrected chi connectivity index (χ3v) is 8.14. The molecule has 0 aromatic heterocycles. The van der Waals surface area contributed by atoms with E-state index in [-0.39, 0.29) is 41.0 Å². The van der Waals surface area contributed by atoms with Crippen molar-refractivity contribution in [2.75, 3.05) is 30.5 Å². The van der Waals surface area contributed by atoms with E-state index in [0.29, 0.717) is 12.1 Å². The second-order valence-electron chi connectivity index (χ2n) is 6.57. The number of unbranched alkanes of at least 4 members (excludes halogenated alkanes) is 1. The van der Waals surface area contributed by atoms with E-state index in [0.717, 1.165) is 6.42 Å². The number of benzene rings is 1. The molecule has 0 bridgehead atoms. The van der Waals surface area contributed by atoms with E-state index in [1.54, 1.807) is 6.07 Å². The molecule has 0 spiro atoms. The first-order valence-electron chi connectivity index (χ1n) is 8.78. The number of carbonyl (C=O) groups excluding carboxylic acids is 1. The largest absolute Gasteiger partial charge is 0.495 e. The molecule has 1 heterocycles. The maximum Gasteiger partial charge on any atom is 0.247 e. The average molecular weight is 419 g/mol. The van der Waals surface area contributed by atoms with Crippen LogP contribution in [0.2, 0.25) is 0 Å². The van der Waals surface area contributed by atoms with E-state index in [9.17, 15) is 21.6 Å². The van der Waals surface area contributed by atoms with Crippen LogP contribution in [0.1, 0.15) is 33.1 Å². The molecule has 1 amide bonds. The quantitative estimate of drug-likeness (QED) is 0.687. The first-order valence-corrected chi connectivity index (χ1v) is 12.0. The van der Waals surface area contributed by atoms with E-state index in [4.69, 9.17) is 4.74 Å². The maximum atomic E-state index is 13.4. The summed E-state index contributed by atoms with van der Waals surface area (Å²) in [5, 5.41) is 2.56. The van der Waals surface area contributed by atoms with Gasteiger partial charge >= 0.3 is 0 Å². The zero-order valence-electron chi connectivity index (χ0n) is 15.8. The lowest BCUT2D eigenvalue weighted by atomic mass is 10.2. The molecule has 0 radical (unpaired) electrons. The van der Waals surface area contributed by atoms with Gasteiger partial charge in [0, 0.05) is 25.2 Å². The van der Waals surface area contributed by atoms with Gasteiger partial charge in [0.1, 0.15) is 10.6 Å². The Labute approximate surface area is 160 Å². The van der Waals surface area contributed by atoms with E-state index in [1.807, 2.05) is 6.92 Å². The van der Waals surface area contributed by atoms with Gasteiger partial charge in [-0.2, -0.15) is 4.31 Å². The highest BCUT2D eigenvalue weighted by Gasteiger charge is 2.39. The summed E-state index contributed by atoms with van der Waals surface area (Å²) in [7, 11) is -5.89. The van der Waals surface area contributed by atoms with Gasteiger partial charge in [-0.15, -0.1) is 0 Å². The number of ether oxygens (including phenoxy) is 1. The van der Waals surface area contributed by atoms with Crippen LogP contribution in [-0.2, 0) is 24.7 Å². The molecular weight excluding hydrogens is 392 g/mol. The summed E-state index contributed by atoms with van der Waals surface area (Å²) >= 11 is 0. The highest BCUT2D eigenvalue weighted by molar-refractivity contribution is 7.92. The second-order valence-corrected chi connectivity index (χ2v) is 10.7. The van der Waals surface area contributed by atoms with Crippen molar-refractivity contribution in [2.45, 2.75) is 44.0 Å². The van der Waals surface area contributed by atoms with Gasteiger partial charge in [0.05, 0.1) is 18.6 Å². The molecule has 1 aromatic carbocycles. The molecule has 2 rings (SSSR count). The van der Waals surface area contributed by atoms with Gasteiger partial charge in [-0.25, -0.2) is 16.8 Å². The van der Waals surface area contributed by atoms with Crippen LogP contribution >= 0.6 is 0 Å². The highest BCUT2D eigenvalue weighted by atomic mass is 32.2. The average Bonchev–Trinajstić information content (AvgIpc) is 2.94. The predicted molar refractivity (Wildman–Crippen MR) is 103 cm³/mol. The number of nitrogens with zero attached hydrogens (tertiary/aromatic N) is 1. The van der Waals surface area contributed by atoms with Gasteiger partial charge in [-0.1, -0.05) is 13.3 Å². The standard InChI is InChI=1S/C17H26N2O6S2/c1-4-5-9-19(15-8-10-26(21,22)12-15)27(23,24)17-11-14(18-13(2)20)6-7-16(17)25-3/h6-7,11,15H,4-5,8-10,12H2,1-3H3,(H,18,20)/t15-/m1/s1. The molecule has 1 aliphatic heterocycles. The Kier molecular flexibility index (Phi) is 6.87. The lowest BCUT2D eigenvalue weighted by Crippen LogP contribution is -2.41. The first kappa shape index (κ1) is 21.6. The molecule has 0 aliphatic carbocycles. The number of sulfone groups is 1. The van der Waals surface area contributed by atoms with Gasteiger partial charge < -0.3 is 10.1 Å². The van der Waals surface area contributed by atoms with Crippen LogP contribution in [0.15, 0.2) is 23.1 Å². The fourth-order valence-corrected chi connectivity index (χ4v) is 6.80. The van der Waals surface area contributed by atoms with Crippen LogP contribution < -0.4 is 10.1 Å². The van der Waals surface area contributed by atoms with Crippen molar-refractivity contribution >= 4 is 31.5 Å². The zero-order valence-corrected chi connectivity index (χ0v) is 17.4. The minimum absolute atomic E-state index is 0.0150. The molecule has 0 saturated carbocycles. The van der Waals surface area contributed by atoms with Crippen molar-refractivity contribution in [2.24, 2.45) is 0 Å². The van der Waals surface area contributed by atoms with Gasteiger partial charge in [-0.05, 0) is 31.0 Å². The summed E-state index contributed by atoms with van der Waals surface area (Å²) in [6.07, 6.45) is 1.66. The van der Waals surface area contributed by atoms with Crippen LogP contribution in [0.25, 0.3) is 0 Å². The molecule has 1 saturated heterocycles. The number of rotatable bonds is 8. The molecule has 1 aliphatic rings. The minimum atomic E-state index is -4.02. The van der Waals surface area contributed by atoms with E-state index < -0.39 is 25.9 Å². The molecule has 1 atom stereocenters. The van der Waals surface area contributed by atoms with E-state index in [2.05, 4.69) is 5.32 Å². The molecule has 1 N–H and O–H groups in total. The Bertz CT molecular complexity index is 896. The fraction of sp³-hybridized carbons (Fsp3) is 0.588. The summed E-state index contributed by atoms with van der Waals surface area (Å²) < 4.78 is 57.0. The fourth-order valence-electron chi connectivity index (χ4n) is 3.10. The van der Waals surface area contributed by atoms with Crippen LogP contribution in [0, 0.1) is 0 Å². The molecular formula is C17H26N2O6S2. The minimum Gasteiger partial charge on any atom is -0.495 e. The lowest BCUT2D eigenvalue weighted by Gasteiger charge is -2.28. The van der Waals surface area contributed by atoms with Crippen LogP contribution in [-0.4, -0.2) is 58.3 Å². The van der Waals surface area contributed by atoms with Crippen molar-refractivity contribution in [1.29, 1.82) is 0 Å². The van der Waals surface area contributed by atoms with Crippen molar-refractivity contribution in [3.63, 3.8) is 0 Å². The number of amides is 1. The number of hydrogen-bond donors (Lipinski definition) is 1. The van der Waals surface area contributed by atoms with E-state index in [1.165, 1.54) is 30.5 Å². The number of nitrogens with one attached hydrogen (secondary N) is 1. The molecule has 27 heavy (non-hydrogen) atoms.